The van der Waals surface area contributed by atoms with Crippen molar-refractivity contribution in [1.82, 2.24) is 0 Å². The Hall–Kier alpha value is -0.290. The number of hydrogen-bond donors (Lipinski definition) is 2. The summed E-state index contributed by atoms with van der Waals surface area (Å²) in [6, 6.07) is 1.05. The monoisotopic (exact) mass is 289 g/mol. The fourth-order valence-corrected chi connectivity index (χ4v) is 1.55. The minimum atomic E-state index is -1.01. The summed E-state index contributed by atoms with van der Waals surface area (Å²) in [6.07, 6.45) is -0.844. The third kappa shape index (κ3) is 3.10. The highest BCUT2D eigenvalue weighted by Gasteiger charge is 2.16. The second-order valence-corrected chi connectivity index (χ2v) is 4.13. The first-order valence-electron chi connectivity index (χ1n) is 4.28. The van der Waals surface area contributed by atoms with Gasteiger partial charge in [0.2, 0.25) is 0 Å². The van der Waals surface area contributed by atoms with Gasteiger partial charge in [-0.05, 0) is 6.07 Å². The van der Waals surface area contributed by atoms with Crippen molar-refractivity contribution in [2.75, 3.05) is 17.7 Å². The summed E-state index contributed by atoms with van der Waals surface area (Å²) in [4.78, 5) is 0. The summed E-state index contributed by atoms with van der Waals surface area (Å²) >= 11 is 16.2. The molecule has 90 valence electrons. The quantitative estimate of drug-likeness (QED) is 0.507. The largest absolute Gasteiger partial charge is 0.390 e. The van der Waals surface area contributed by atoms with Gasteiger partial charge in [-0.1, -0.05) is 23.2 Å². The molecular formula is C9H8Cl3F2NO. The molecule has 0 spiro atoms. The lowest BCUT2D eigenvalue weighted by molar-refractivity contribution is 0.211. The Morgan fingerprint density at radius 2 is 1.94 bits per heavy atom. The molecule has 0 saturated carbocycles. The maximum atomic E-state index is 13.4. The van der Waals surface area contributed by atoms with Gasteiger partial charge in [-0.25, -0.2) is 8.78 Å². The van der Waals surface area contributed by atoms with Gasteiger partial charge in [0.15, 0.2) is 11.6 Å². The first kappa shape index (κ1) is 13.8. The molecular weight excluding hydrogens is 282 g/mol. The highest BCUT2D eigenvalue weighted by atomic mass is 35.5. The zero-order valence-corrected chi connectivity index (χ0v) is 10.2. The number of aliphatic hydroxyl groups is 1. The molecule has 1 aromatic carbocycles. The maximum Gasteiger partial charge on any atom is 0.167 e. The summed E-state index contributed by atoms with van der Waals surface area (Å²) in [5, 5.41) is 10.7. The molecule has 0 radical (unpaired) electrons. The molecule has 0 heterocycles. The van der Waals surface area contributed by atoms with Crippen LogP contribution in [0.15, 0.2) is 6.07 Å². The van der Waals surface area contributed by atoms with E-state index in [0.717, 1.165) is 6.07 Å². The Balaban J connectivity index is 2.89. The Bertz CT molecular complexity index is 390. The molecule has 2 N–H and O–H groups in total. The second-order valence-electron chi connectivity index (χ2n) is 3.04. The van der Waals surface area contributed by atoms with Crippen LogP contribution < -0.4 is 5.32 Å². The van der Waals surface area contributed by atoms with E-state index >= 15 is 0 Å². The van der Waals surface area contributed by atoms with E-state index in [9.17, 15) is 8.78 Å². The average Bonchev–Trinajstić information content (AvgIpc) is 2.28. The molecule has 0 amide bonds. The van der Waals surface area contributed by atoms with E-state index in [1.54, 1.807) is 0 Å². The molecule has 1 aromatic rings. The van der Waals surface area contributed by atoms with Crippen LogP contribution in [0.1, 0.15) is 0 Å². The Labute approximate surface area is 106 Å². The van der Waals surface area contributed by atoms with Crippen molar-refractivity contribution in [3.63, 3.8) is 0 Å². The average molecular weight is 291 g/mol. The summed E-state index contributed by atoms with van der Waals surface area (Å²) in [5.74, 6) is -1.97. The van der Waals surface area contributed by atoms with Crippen LogP contribution in [-0.2, 0) is 0 Å². The molecule has 16 heavy (non-hydrogen) atoms. The lowest BCUT2D eigenvalue weighted by Gasteiger charge is -2.12. The molecule has 1 unspecified atom stereocenters. The van der Waals surface area contributed by atoms with Crippen LogP contribution in [0, 0.1) is 11.6 Å². The highest BCUT2D eigenvalue weighted by molar-refractivity contribution is 6.35. The van der Waals surface area contributed by atoms with Gasteiger partial charge in [0.1, 0.15) is 5.02 Å². The molecule has 0 aliphatic carbocycles. The van der Waals surface area contributed by atoms with Gasteiger partial charge < -0.3 is 10.4 Å². The van der Waals surface area contributed by atoms with Crippen molar-refractivity contribution in [2.45, 2.75) is 6.10 Å². The summed E-state index contributed by atoms with van der Waals surface area (Å²) < 4.78 is 26.4. The SMILES string of the molecule is OC(CCl)CNc1cc(Cl)c(F)c(Cl)c1F. The van der Waals surface area contributed by atoms with Crippen molar-refractivity contribution in [3.8, 4) is 0 Å². The van der Waals surface area contributed by atoms with Crippen LogP contribution in [0.3, 0.4) is 0 Å². The summed E-state index contributed by atoms with van der Waals surface area (Å²) in [5.41, 5.74) is -0.0828. The fourth-order valence-electron chi connectivity index (χ4n) is 0.984. The van der Waals surface area contributed by atoms with E-state index in [1.807, 2.05) is 0 Å². The molecule has 0 aromatic heterocycles. The topological polar surface area (TPSA) is 32.3 Å². The number of alkyl halides is 1. The van der Waals surface area contributed by atoms with Gasteiger partial charge in [-0.2, -0.15) is 0 Å². The number of nitrogens with one attached hydrogen (secondary N) is 1. The molecule has 7 heteroatoms. The van der Waals surface area contributed by atoms with E-state index in [1.165, 1.54) is 0 Å². The highest BCUT2D eigenvalue weighted by Crippen LogP contribution is 2.31. The van der Waals surface area contributed by atoms with Gasteiger partial charge in [0, 0.05) is 6.54 Å². The number of anilines is 1. The number of hydrogen-bond acceptors (Lipinski definition) is 2. The normalized spacial score (nSPS) is 12.6. The molecule has 2 nitrogen and oxygen atoms in total. The smallest absolute Gasteiger partial charge is 0.167 e. The first-order valence-corrected chi connectivity index (χ1v) is 5.57. The van der Waals surface area contributed by atoms with E-state index < -0.39 is 22.8 Å². The molecule has 1 rings (SSSR count). The van der Waals surface area contributed by atoms with Gasteiger partial charge in [0.05, 0.1) is 22.7 Å². The van der Waals surface area contributed by atoms with Crippen molar-refractivity contribution in [2.24, 2.45) is 0 Å². The molecule has 0 aliphatic rings. The van der Waals surface area contributed by atoms with Gasteiger partial charge in [-0.15, -0.1) is 11.6 Å². The van der Waals surface area contributed by atoms with Crippen molar-refractivity contribution in [3.05, 3.63) is 27.7 Å². The lowest BCUT2D eigenvalue weighted by Crippen LogP contribution is -2.21. The third-order valence-electron chi connectivity index (χ3n) is 1.81. The summed E-state index contributed by atoms with van der Waals surface area (Å²) in [6.45, 7) is 0.0126. The van der Waals surface area contributed by atoms with Crippen LogP contribution >= 0.6 is 34.8 Å². The fraction of sp³-hybridized carbons (Fsp3) is 0.333. The van der Waals surface area contributed by atoms with Crippen LogP contribution in [0.5, 0.6) is 0 Å². The number of rotatable bonds is 4. The van der Waals surface area contributed by atoms with E-state index in [4.69, 9.17) is 39.9 Å². The molecule has 0 aliphatic heterocycles. The van der Waals surface area contributed by atoms with Crippen LogP contribution in [0.2, 0.25) is 10.0 Å². The molecule has 1 atom stereocenters. The summed E-state index contributed by atoms with van der Waals surface area (Å²) in [7, 11) is 0. The Kier molecular flexibility index (Phi) is 5.05. The predicted octanol–water partition coefficient (Wildman–Crippen LogP) is 3.28. The van der Waals surface area contributed by atoms with Crippen LogP contribution in [0.25, 0.3) is 0 Å². The predicted molar refractivity (Wildman–Crippen MR) is 61.6 cm³/mol. The number of aliphatic hydroxyl groups excluding tert-OH is 1. The number of benzene rings is 1. The molecule has 0 fully saturated rings. The maximum absolute atomic E-state index is 13.4. The third-order valence-corrected chi connectivity index (χ3v) is 2.77. The molecule has 0 saturated heterocycles. The van der Waals surface area contributed by atoms with E-state index in [-0.39, 0.29) is 23.1 Å². The van der Waals surface area contributed by atoms with Crippen LogP contribution in [0.4, 0.5) is 14.5 Å². The zero-order valence-electron chi connectivity index (χ0n) is 7.91. The van der Waals surface area contributed by atoms with Gasteiger partial charge in [-0.3, -0.25) is 0 Å². The number of halogens is 5. The van der Waals surface area contributed by atoms with Gasteiger partial charge >= 0.3 is 0 Å². The molecule has 0 bridgehead atoms. The standard InChI is InChI=1S/C9H8Cl3F2NO/c10-2-4(16)3-15-6-1-5(11)8(13)7(12)9(6)14/h1,4,15-16H,2-3H2. The first-order chi connectivity index (χ1) is 7.47. The van der Waals surface area contributed by atoms with Gasteiger partial charge in [0.25, 0.3) is 0 Å². The van der Waals surface area contributed by atoms with Crippen LogP contribution in [-0.4, -0.2) is 23.6 Å². The lowest BCUT2D eigenvalue weighted by atomic mass is 10.2. The Morgan fingerprint density at radius 1 is 1.31 bits per heavy atom. The van der Waals surface area contributed by atoms with E-state index in [0.29, 0.717) is 0 Å². The minimum absolute atomic E-state index is 0.00270. The van der Waals surface area contributed by atoms with Crippen molar-refractivity contribution < 1.29 is 13.9 Å². The Morgan fingerprint density at radius 3 is 2.50 bits per heavy atom. The minimum Gasteiger partial charge on any atom is -0.390 e. The van der Waals surface area contributed by atoms with Crippen molar-refractivity contribution >= 4 is 40.5 Å². The van der Waals surface area contributed by atoms with E-state index in [2.05, 4.69) is 5.32 Å². The zero-order chi connectivity index (χ0) is 12.3. The van der Waals surface area contributed by atoms with Crippen molar-refractivity contribution in [1.29, 1.82) is 0 Å². The second kappa shape index (κ2) is 5.87.